The van der Waals surface area contributed by atoms with Gasteiger partial charge in [-0.05, 0) is 12.3 Å². The van der Waals surface area contributed by atoms with Gasteiger partial charge in [0.05, 0.1) is 25.2 Å². The third-order valence-corrected chi connectivity index (χ3v) is 4.70. The number of primary amides is 1. The maximum atomic E-state index is 12.8. The molecule has 10 N–H and O–H groups in total. The standard InChI is InChI=1S/C20H31N7O8/c1-9(2)3-12(18(32)27-14(20(34)35)5-15(22)28)26-19(33)13(6-16(29)30)25-17(31)11(21)4-10-7-23-8-24-10/h7-9,11-14H,3-6,21H2,1-2H3,(H2,22,28)(H,23,24)(H,25,31)(H,26,33)(H,27,32)(H,29,30)(H,34,35). The van der Waals surface area contributed by atoms with Crippen LogP contribution in [0.5, 0.6) is 0 Å². The first-order valence-electron chi connectivity index (χ1n) is 10.7. The lowest BCUT2D eigenvalue weighted by Crippen LogP contribution is -2.58. The van der Waals surface area contributed by atoms with Crippen LogP contribution in [0.3, 0.4) is 0 Å². The van der Waals surface area contributed by atoms with Crippen molar-refractivity contribution >= 4 is 35.6 Å². The molecule has 0 aromatic carbocycles. The second-order valence-electron chi connectivity index (χ2n) is 8.31. The molecule has 4 atom stereocenters. The lowest BCUT2D eigenvalue weighted by atomic mass is 10.0. The normalized spacial score (nSPS) is 14.3. The molecule has 15 nitrogen and oxygen atoms in total. The Morgan fingerprint density at radius 3 is 2.00 bits per heavy atom. The summed E-state index contributed by atoms with van der Waals surface area (Å²) in [7, 11) is 0. The number of H-pyrrole nitrogens is 1. The molecule has 0 saturated heterocycles. The molecule has 0 aliphatic rings. The van der Waals surface area contributed by atoms with Gasteiger partial charge in [-0.3, -0.25) is 24.0 Å². The Hall–Kier alpha value is -4.01. The summed E-state index contributed by atoms with van der Waals surface area (Å²) < 4.78 is 0. The highest BCUT2D eigenvalue weighted by atomic mass is 16.4. The van der Waals surface area contributed by atoms with Crippen LogP contribution in [0.25, 0.3) is 0 Å². The lowest BCUT2D eigenvalue weighted by molar-refractivity contribution is -0.144. The molecular weight excluding hydrogens is 466 g/mol. The van der Waals surface area contributed by atoms with E-state index in [1.165, 1.54) is 12.5 Å². The van der Waals surface area contributed by atoms with E-state index in [1.807, 2.05) is 0 Å². The fraction of sp³-hybridized carbons (Fsp3) is 0.550. The maximum Gasteiger partial charge on any atom is 0.326 e. The number of nitrogens with zero attached hydrogens (tertiary/aromatic N) is 1. The second-order valence-corrected chi connectivity index (χ2v) is 8.31. The number of carboxylic acid groups (broad SMARTS) is 2. The van der Waals surface area contributed by atoms with Crippen LogP contribution < -0.4 is 27.4 Å². The van der Waals surface area contributed by atoms with Crippen LogP contribution in [0.2, 0.25) is 0 Å². The molecule has 15 heteroatoms. The molecule has 0 aliphatic heterocycles. The van der Waals surface area contributed by atoms with Gasteiger partial charge in [0.25, 0.3) is 0 Å². The van der Waals surface area contributed by atoms with Crippen LogP contribution in [0.15, 0.2) is 12.5 Å². The Kier molecular flexibility index (Phi) is 11.3. The molecule has 0 fully saturated rings. The number of carbonyl (C=O) groups excluding carboxylic acids is 4. The Balaban J connectivity index is 2.96. The number of imidazole rings is 1. The van der Waals surface area contributed by atoms with Gasteiger partial charge in [-0.2, -0.15) is 0 Å². The van der Waals surface area contributed by atoms with Crippen LogP contribution >= 0.6 is 0 Å². The number of hydrogen-bond acceptors (Lipinski definition) is 8. The van der Waals surface area contributed by atoms with Crippen molar-refractivity contribution < 1.29 is 39.0 Å². The van der Waals surface area contributed by atoms with Gasteiger partial charge >= 0.3 is 11.9 Å². The molecule has 4 amide bonds. The molecule has 0 aliphatic carbocycles. The third-order valence-electron chi connectivity index (χ3n) is 4.70. The van der Waals surface area contributed by atoms with Crippen molar-refractivity contribution in [3.05, 3.63) is 18.2 Å². The van der Waals surface area contributed by atoms with Gasteiger partial charge in [0.15, 0.2) is 0 Å². The number of carbonyl (C=O) groups is 6. The van der Waals surface area contributed by atoms with E-state index in [2.05, 4.69) is 25.9 Å². The first-order valence-corrected chi connectivity index (χ1v) is 10.7. The van der Waals surface area contributed by atoms with Crippen molar-refractivity contribution in [2.75, 3.05) is 0 Å². The van der Waals surface area contributed by atoms with Crippen molar-refractivity contribution in [3.8, 4) is 0 Å². The first kappa shape index (κ1) is 29.0. The van der Waals surface area contributed by atoms with Gasteiger partial charge in [-0.1, -0.05) is 13.8 Å². The van der Waals surface area contributed by atoms with Crippen molar-refractivity contribution in [2.24, 2.45) is 17.4 Å². The van der Waals surface area contributed by atoms with E-state index in [0.717, 1.165) is 0 Å². The van der Waals surface area contributed by atoms with Crippen LogP contribution in [0.1, 0.15) is 38.8 Å². The molecule has 1 aromatic heterocycles. The van der Waals surface area contributed by atoms with E-state index >= 15 is 0 Å². The van der Waals surface area contributed by atoms with Crippen molar-refractivity contribution in [3.63, 3.8) is 0 Å². The number of hydrogen-bond donors (Lipinski definition) is 8. The highest BCUT2D eigenvalue weighted by molar-refractivity contribution is 5.96. The molecule has 0 saturated carbocycles. The summed E-state index contributed by atoms with van der Waals surface area (Å²) in [5.41, 5.74) is 11.4. The average molecular weight is 498 g/mol. The summed E-state index contributed by atoms with van der Waals surface area (Å²) in [4.78, 5) is 78.2. The minimum absolute atomic E-state index is 0.0437. The lowest BCUT2D eigenvalue weighted by Gasteiger charge is -2.25. The SMILES string of the molecule is CC(C)CC(NC(=O)C(CC(=O)O)NC(=O)C(N)Cc1cnc[nH]1)C(=O)NC(CC(N)=O)C(=O)O. The number of aliphatic carboxylic acids is 2. The van der Waals surface area contributed by atoms with Crippen LogP contribution in [0.4, 0.5) is 0 Å². The Morgan fingerprint density at radius 1 is 0.943 bits per heavy atom. The predicted molar refractivity (Wildman–Crippen MR) is 119 cm³/mol. The third kappa shape index (κ3) is 10.6. The number of carboxylic acids is 2. The number of nitrogens with one attached hydrogen (secondary N) is 4. The van der Waals surface area contributed by atoms with Crippen molar-refractivity contribution in [1.29, 1.82) is 0 Å². The topological polar surface area (TPSA) is 260 Å². The Morgan fingerprint density at radius 2 is 1.51 bits per heavy atom. The summed E-state index contributed by atoms with van der Waals surface area (Å²) in [5.74, 6) is -6.73. The summed E-state index contributed by atoms with van der Waals surface area (Å²) >= 11 is 0. The van der Waals surface area contributed by atoms with Crippen LogP contribution in [0, 0.1) is 5.92 Å². The van der Waals surface area contributed by atoms with E-state index in [4.69, 9.17) is 11.5 Å². The first-order chi connectivity index (χ1) is 16.3. The molecule has 0 spiro atoms. The fourth-order valence-electron chi connectivity index (χ4n) is 3.04. The quantitative estimate of drug-likeness (QED) is 0.123. The molecule has 0 bridgehead atoms. The van der Waals surface area contributed by atoms with E-state index < -0.39 is 72.6 Å². The smallest absolute Gasteiger partial charge is 0.326 e. The number of amides is 4. The molecule has 1 heterocycles. The Labute approximate surface area is 200 Å². The van der Waals surface area contributed by atoms with Gasteiger partial charge < -0.3 is 42.6 Å². The van der Waals surface area contributed by atoms with Gasteiger partial charge in [0, 0.05) is 18.3 Å². The zero-order chi connectivity index (χ0) is 26.7. The summed E-state index contributed by atoms with van der Waals surface area (Å²) in [6.45, 7) is 3.46. The fourth-order valence-corrected chi connectivity index (χ4v) is 3.04. The van der Waals surface area contributed by atoms with Gasteiger partial charge in [0.1, 0.15) is 18.1 Å². The molecular formula is C20H31N7O8. The Bertz CT molecular complexity index is 919. The number of aromatic amines is 1. The second kappa shape index (κ2) is 13.6. The monoisotopic (exact) mass is 497 g/mol. The molecule has 1 aromatic rings. The summed E-state index contributed by atoms with van der Waals surface area (Å²) in [6, 6.07) is -5.61. The number of nitrogens with two attached hydrogens (primary N) is 2. The van der Waals surface area contributed by atoms with Crippen LogP contribution in [-0.4, -0.2) is 79.9 Å². The highest BCUT2D eigenvalue weighted by Crippen LogP contribution is 2.08. The van der Waals surface area contributed by atoms with Gasteiger partial charge in [-0.25, -0.2) is 9.78 Å². The molecule has 1 rings (SSSR count). The van der Waals surface area contributed by atoms with E-state index in [1.54, 1.807) is 13.8 Å². The van der Waals surface area contributed by atoms with Gasteiger partial charge in [0.2, 0.25) is 23.6 Å². The summed E-state index contributed by atoms with van der Waals surface area (Å²) in [6.07, 6.45) is 1.46. The molecule has 194 valence electrons. The maximum absolute atomic E-state index is 12.8. The zero-order valence-corrected chi connectivity index (χ0v) is 19.3. The number of aromatic nitrogens is 2. The van der Waals surface area contributed by atoms with Crippen molar-refractivity contribution in [1.82, 2.24) is 25.9 Å². The zero-order valence-electron chi connectivity index (χ0n) is 19.3. The predicted octanol–water partition coefficient (Wildman–Crippen LogP) is -2.79. The highest BCUT2D eigenvalue weighted by Gasteiger charge is 2.32. The largest absolute Gasteiger partial charge is 0.481 e. The minimum Gasteiger partial charge on any atom is -0.481 e. The van der Waals surface area contributed by atoms with Crippen LogP contribution in [-0.2, 0) is 35.2 Å². The summed E-state index contributed by atoms with van der Waals surface area (Å²) in [5, 5.41) is 25.1. The van der Waals surface area contributed by atoms with E-state index in [9.17, 15) is 39.0 Å². The molecule has 4 unspecified atom stereocenters. The van der Waals surface area contributed by atoms with Gasteiger partial charge in [-0.15, -0.1) is 0 Å². The minimum atomic E-state index is -1.62. The van der Waals surface area contributed by atoms with E-state index in [-0.39, 0.29) is 18.8 Å². The van der Waals surface area contributed by atoms with Crippen molar-refractivity contribution in [2.45, 2.75) is 63.7 Å². The van der Waals surface area contributed by atoms with E-state index in [0.29, 0.717) is 5.69 Å². The average Bonchev–Trinajstić information content (AvgIpc) is 3.23. The molecule has 0 radical (unpaired) electrons. The molecule has 35 heavy (non-hydrogen) atoms. The number of rotatable bonds is 15.